The highest BCUT2D eigenvalue weighted by Crippen LogP contribution is 2.21. The fourth-order valence-corrected chi connectivity index (χ4v) is 1.16. The zero-order valence-corrected chi connectivity index (χ0v) is 7.01. The molecule has 0 unspecified atom stereocenters. The summed E-state index contributed by atoms with van der Waals surface area (Å²) in [6, 6.07) is 0. The van der Waals surface area contributed by atoms with Crippen LogP contribution in [0.3, 0.4) is 0 Å². The molecule has 6 heteroatoms. The Balaban J connectivity index is 2.63. The summed E-state index contributed by atoms with van der Waals surface area (Å²) in [4.78, 5) is 12.8. The molecule has 0 N–H and O–H groups in total. The lowest BCUT2D eigenvalue weighted by Crippen LogP contribution is -2.34. The minimum Gasteiger partial charge on any atom is -0.361 e. The van der Waals surface area contributed by atoms with Crippen molar-refractivity contribution >= 4 is 6.29 Å². The molecule has 0 radical (unpaired) electrons. The number of carbonyl (C=O) groups excluding carboxylic acids is 1. The highest BCUT2D eigenvalue weighted by molar-refractivity contribution is 5.72. The fraction of sp³-hybridized carbons (Fsp3) is 0.571. The molecule has 1 rings (SSSR count). The second-order valence-electron chi connectivity index (χ2n) is 2.88. The fourth-order valence-electron chi connectivity index (χ4n) is 1.16. The van der Waals surface area contributed by atoms with Gasteiger partial charge in [-0.2, -0.15) is 13.2 Å². The summed E-state index contributed by atoms with van der Waals surface area (Å²) >= 11 is 0. The highest BCUT2D eigenvalue weighted by atomic mass is 19.4. The van der Waals surface area contributed by atoms with Gasteiger partial charge >= 0.3 is 6.18 Å². The number of nitrogens with zero attached hydrogens (tertiary/aromatic N) is 2. The van der Waals surface area contributed by atoms with Gasteiger partial charge in [0.2, 0.25) is 0 Å². The maximum atomic E-state index is 11.9. The third kappa shape index (κ3) is 2.64. The first-order chi connectivity index (χ1) is 5.92. The zero-order chi connectivity index (χ0) is 10.1. The number of hydrogen-bond acceptors (Lipinski definition) is 3. The van der Waals surface area contributed by atoms with Crippen molar-refractivity contribution < 1.29 is 18.0 Å². The summed E-state index contributed by atoms with van der Waals surface area (Å²) in [5.41, 5.74) is 0.0693. The monoisotopic (exact) mass is 194 g/mol. The third-order valence-electron chi connectivity index (χ3n) is 1.60. The van der Waals surface area contributed by atoms with Gasteiger partial charge in [-0.15, -0.1) is 0 Å². The number of alkyl halides is 3. The van der Waals surface area contributed by atoms with Gasteiger partial charge in [0, 0.05) is 13.2 Å². The maximum absolute atomic E-state index is 11.9. The van der Waals surface area contributed by atoms with Crippen LogP contribution >= 0.6 is 0 Å². The summed E-state index contributed by atoms with van der Waals surface area (Å²) in [5, 5.41) is 0. The predicted molar refractivity (Wildman–Crippen MR) is 39.5 cm³/mol. The molecule has 0 atom stereocenters. The van der Waals surface area contributed by atoms with E-state index >= 15 is 0 Å². The van der Waals surface area contributed by atoms with Gasteiger partial charge in [0.05, 0.1) is 12.4 Å². The minimum atomic E-state index is -4.27. The molecule has 1 aliphatic rings. The molecule has 0 amide bonds. The Morgan fingerprint density at radius 3 is 2.69 bits per heavy atom. The van der Waals surface area contributed by atoms with Crippen molar-refractivity contribution in [1.29, 1.82) is 0 Å². The van der Waals surface area contributed by atoms with E-state index < -0.39 is 12.7 Å². The topological polar surface area (TPSA) is 23.6 Å². The smallest absolute Gasteiger partial charge is 0.361 e. The summed E-state index contributed by atoms with van der Waals surface area (Å²) in [5.74, 6) is 0. The Morgan fingerprint density at radius 2 is 2.23 bits per heavy atom. The average molecular weight is 194 g/mol. The Kier molecular flexibility index (Phi) is 2.49. The van der Waals surface area contributed by atoms with E-state index in [1.807, 2.05) is 0 Å². The van der Waals surface area contributed by atoms with Crippen LogP contribution in [0.15, 0.2) is 11.9 Å². The SMILES string of the molecule is CN1C=C(C=O)N(CC(F)(F)F)C1. The molecule has 3 nitrogen and oxygen atoms in total. The van der Waals surface area contributed by atoms with Gasteiger partial charge in [-0.05, 0) is 0 Å². The predicted octanol–water partition coefficient (Wildman–Crippen LogP) is 0.794. The van der Waals surface area contributed by atoms with Crippen LogP contribution in [0, 0.1) is 0 Å². The van der Waals surface area contributed by atoms with E-state index in [4.69, 9.17) is 0 Å². The molecule has 0 aromatic carbocycles. The first kappa shape index (κ1) is 9.88. The van der Waals surface area contributed by atoms with Crippen molar-refractivity contribution in [3.05, 3.63) is 11.9 Å². The molecule has 74 valence electrons. The van der Waals surface area contributed by atoms with Crippen molar-refractivity contribution in [1.82, 2.24) is 9.80 Å². The van der Waals surface area contributed by atoms with Crippen molar-refractivity contribution in [2.24, 2.45) is 0 Å². The number of carbonyl (C=O) groups is 1. The summed E-state index contributed by atoms with van der Waals surface area (Å²) < 4.78 is 35.8. The minimum absolute atomic E-state index is 0.0693. The number of hydrogen-bond donors (Lipinski definition) is 0. The lowest BCUT2D eigenvalue weighted by atomic mass is 10.4. The maximum Gasteiger partial charge on any atom is 0.405 e. The standard InChI is InChI=1S/C7H9F3N2O/c1-11-2-6(3-13)12(5-11)4-7(8,9)10/h2-3H,4-5H2,1H3. The van der Waals surface area contributed by atoms with Crippen LogP contribution in [0.5, 0.6) is 0 Å². The summed E-state index contributed by atoms with van der Waals surface area (Å²) in [7, 11) is 1.61. The molecule has 0 saturated heterocycles. The largest absolute Gasteiger partial charge is 0.405 e. The number of aldehydes is 1. The van der Waals surface area contributed by atoms with Gasteiger partial charge in [0.25, 0.3) is 0 Å². The molecule has 0 fully saturated rings. The first-order valence-corrected chi connectivity index (χ1v) is 3.61. The van der Waals surface area contributed by atoms with Gasteiger partial charge in [-0.25, -0.2) is 0 Å². The lowest BCUT2D eigenvalue weighted by molar-refractivity contribution is -0.143. The second kappa shape index (κ2) is 3.27. The molecule has 13 heavy (non-hydrogen) atoms. The quantitative estimate of drug-likeness (QED) is 0.607. The van der Waals surface area contributed by atoms with Crippen LogP contribution in [0.2, 0.25) is 0 Å². The third-order valence-corrected chi connectivity index (χ3v) is 1.60. The van der Waals surface area contributed by atoms with E-state index in [-0.39, 0.29) is 12.4 Å². The van der Waals surface area contributed by atoms with Gasteiger partial charge in [-0.3, -0.25) is 4.79 Å². The average Bonchev–Trinajstić information content (AvgIpc) is 2.27. The lowest BCUT2D eigenvalue weighted by Gasteiger charge is -2.21. The highest BCUT2D eigenvalue weighted by Gasteiger charge is 2.33. The number of halogens is 3. The van der Waals surface area contributed by atoms with Crippen LogP contribution in [0.4, 0.5) is 13.2 Å². The van der Waals surface area contributed by atoms with Gasteiger partial charge < -0.3 is 9.80 Å². The van der Waals surface area contributed by atoms with E-state index in [0.29, 0.717) is 6.29 Å². The number of rotatable bonds is 2. The Morgan fingerprint density at radius 1 is 1.62 bits per heavy atom. The normalized spacial score (nSPS) is 17.7. The molecule has 1 aliphatic heterocycles. The molecule has 0 saturated carbocycles. The molecule has 0 bridgehead atoms. The molecular formula is C7H9F3N2O. The van der Waals surface area contributed by atoms with Gasteiger partial charge in [0.15, 0.2) is 6.29 Å². The molecule has 0 aromatic rings. The Bertz CT molecular complexity index is 236. The van der Waals surface area contributed by atoms with Gasteiger partial charge in [-0.1, -0.05) is 0 Å². The van der Waals surface area contributed by atoms with E-state index in [2.05, 4.69) is 0 Å². The second-order valence-corrected chi connectivity index (χ2v) is 2.88. The van der Waals surface area contributed by atoms with Crippen LogP contribution in [0.25, 0.3) is 0 Å². The number of allylic oxidation sites excluding steroid dienone is 1. The molecule has 1 heterocycles. The first-order valence-electron chi connectivity index (χ1n) is 3.61. The summed E-state index contributed by atoms with van der Waals surface area (Å²) in [6.07, 6.45) is -2.46. The van der Waals surface area contributed by atoms with Crippen molar-refractivity contribution in [2.45, 2.75) is 6.18 Å². The van der Waals surface area contributed by atoms with E-state index in [0.717, 1.165) is 4.90 Å². The molecule has 0 aromatic heterocycles. The van der Waals surface area contributed by atoms with Crippen LogP contribution in [-0.2, 0) is 4.79 Å². The zero-order valence-electron chi connectivity index (χ0n) is 7.01. The Hall–Kier alpha value is -1.20. The van der Waals surface area contributed by atoms with E-state index in [9.17, 15) is 18.0 Å². The molecular weight excluding hydrogens is 185 g/mol. The van der Waals surface area contributed by atoms with Crippen LogP contribution in [-0.4, -0.2) is 42.5 Å². The molecule has 0 spiro atoms. The van der Waals surface area contributed by atoms with Crippen molar-refractivity contribution in [3.63, 3.8) is 0 Å². The van der Waals surface area contributed by atoms with Gasteiger partial charge in [0.1, 0.15) is 6.54 Å². The van der Waals surface area contributed by atoms with Crippen molar-refractivity contribution in [3.8, 4) is 0 Å². The van der Waals surface area contributed by atoms with E-state index in [1.165, 1.54) is 11.1 Å². The van der Waals surface area contributed by atoms with E-state index in [1.54, 1.807) is 7.05 Å². The summed E-state index contributed by atoms with van der Waals surface area (Å²) in [6.45, 7) is -0.977. The van der Waals surface area contributed by atoms with Crippen LogP contribution in [0.1, 0.15) is 0 Å². The Labute approximate surface area is 73.4 Å². The van der Waals surface area contributed by atoms with Crippen molar-refractivity contribution in [2.75, 3.05) is 20.3 Å². The van der Waals surface area contributed by atoms with Crippen LogP contribution < -0.4 is 0 Å². The molecule has 0 aliphatic carbocycles.